The molecule has 0 bridgehead atoms. The van der Waals surface area contributed by atoms with E-state index in [1.165, 1.54) is 0 Å². The second kappa shape index (κ2) is 6.47. The lowest BCUT2D eigenvalue weighted by atomic mass is 10.1. The average Bonchev–Trinajstić information content (AvgIpc) is 2.48. The molecule has 0 saturated heterocycles. The van der Waals surface area contributed by atoms with E-state index >= 15 is 0 Å². The third-order valence-electron chi connectivity index (χ3n) is 3.47. The van der Waals surface area contributed by atoms with Gasteiger partial charge in [-0.15, -0.1) is 0 Å². The number of benzene rings is 2. The SMILES string of the molecule is Cc1ccc(CNS(=O)(=O)c2cc(F)cc(C(=O)O)c2)cc1C. The lowest BCUT2D eigenvalue weighted by molar-refractivity contribution is 0.0696. The monoisotopic (exact) mass is 337 g/mol. The van der Waals surface area contributed by atoms with Crippen LogP contribution in [0.3, 0.4) is 0 Å². The van der Waals surface area contributed by atoms with Gasteiger partial charge in [-0.2, -0.15) is 0 Å². The first-order valence-corrected chi connectivity index (χ1v) is 8.27. The van der Waals surface area contributed by atoms with Crippen molar-refractivity contribution in [2.24, 2.45) is 0 Å². The van der Waals surface area contributed by atoms with Crippen molar-refractivity contribution in [3.63, 3.8) is 0 Å². The summed E-state index contributed by atoms with van der Waals surface area (Å²) < 4.78 is 40.2. The minimum absolute atomic E-state index is 0.0301. The summed E-state index contributed by atoms with van der Waals surface area (Å²) in [4.78, 5) is 10.5. The molecule has 0 amide bonds. The number of sulfonamides is 1. The molecule has 0 spiro atoms. The minimum atomic E-state index is -4.01. The number of hydrogen-bond donors (Lipinski definition) is 2. The maximum Gasteiger partial charge on any atom is 0.335 e. The normalized spacial score (nSPS) is 11.4. The molecule has 2 aromatic rings. The second-order valence-corrected chi connectivity index (χ2v) is 6.99. The van der Waals surface area contributed by atoms with Crippen LogP contribution in [0.5, 0.6) is 0 Å². The Kier molecular flexibility index (Phi) is 4.82. The highest BCUT2D eigenvalue weighted by atomic mass is 32.2. The van der Waals surface area contributed by atoms with Crippen molar-refractivity contribution in [3.05, 3.63) is 64.5 Å². The number of carboxylic acids is 1. The van der Waals surface area contributed by atoms with Gasteiger partial charge >= 0.3 is 5.97 Å². The number of halogens is 1. The molecule has 0 atom stereocenters. The molecule has 7 heteroatoms. The first kappa shape index (κ1) is 17.1. The summed E-state index contributed by atoms with van der Waals surface area (Å²) in [7, 11) is -4.01. The Morgan fingerprint density at radius 2 is 1.83 bits per heavy atom. The molecule has 2 rings (SSSR count). The van der Waals surface area contributed by atoms with Crippen molar-refractivity contribution < 1.29 is 22.7 Å². The molecular weight excluding hydrogens is 321 g/mol. The van der Waals surface area contributed by atoms with E-state index in [2.05, 4.69) is 4.72 Å². The molecule has 2 aromatic carbocycles. The average molecular weight is 337 g/mol. The molecule has 2 N–H and O–H groups in total. The summed E-state index contributed by atoms with van der Waals surface area (Å²) in [5.41, 5.74) is 2.46. The van der Waals surface area contributed by atoms with Gasteiger partial charge in [0, 0.05) is 6.54 Å². The summed E-state index contributed by atoms with van der Waals surface area (Å²) in [5.74, 6) is -2.31. The number of rotatable bonds is 5. The highest BCUT2D eigenvalue weighted by Gasteiger charge is 2.18. The Morgan fingerprint density at radius 1 is 1.13 bits per heavy atom. The highest BCUT2D eigenvalue weighted by Crippen LogP contribution is 2.16. The fourth-order valence-electron chi connectivity index (χ4n) is 2.02. The molecular formula is C16H16FNO4S. The van der Waals surface area contributed by atoms with Gasteiger partial charge in [-0.25, -0.2) is 22.3 Å². The lowest BCUT2D eigenvalue weighted by Crippen LogP contribution is -2.23. The maximum absolute atomic E-state index is 13.4. The van der Waals surface area contributed by atoms with Crippen molar-refractivity contribution in [2.45, 2.75) is 25.3 Å². The topological polar surface area (TPSA) is 83.5 Å². The van der Waals surface area contributed by atoms with Crippen molar-refractivity contribution in [1.29, 1.82) is 0 Å². The van der Waals surface area contributed by atoms with E-state index in [0.717, 1.165) is 34.9 Å². The van der Waals surface area contributed by atoms with E-state index in [9.17, 15) is 17.6 Å². The van der Waals surface area contributed by atoms with E-state index in [0.29, 0.717) is 0 Å². The van der Waals surface area contributed by atoms with Gasteiger partial charge in [0.05, 0.1) is 10.5 Å². The fourth-order valence-corrected chi connectivity index (χ4v) is 3.09. The molecule has 23 heavy (non-hydrogen) atoms. The maximum atomic E-state index is 13.4. The number of nitrogens with one attached hydrogen (secondary N) is 1. The number of carboxylic acid groups (broad SMARTS) is 1. The molecule has 0 aliphatic heterocycles. The van der Waals surface area contributed by atoms with Crippen molar-refractivity contribution in [3.8, 4) is 0 Å². The third kappa shape index (κ3) is 4.14. The summed E-state index contributed by atoms with van der Waals surface area (Å²) in [6.07, 6.45) is 0. The Balaban J connectivity index is 2.25. The Morgan fingerprint density at radius 3 is 2.43 bits per heavy atom. The van der Waals surface area contributed by atoms with E-state index < -0.39 is 32.3 Å². The molecule has 0 heterocycles. The largest absolute Gasteiger partial charge is 0.478 e. The van der Waals surface area contributed by atoms with E-state index in [-0.39, 0.29) is 6.54 Å². The molecule has 0 saturated carbocycles. The molecule has 0 radical (unpaired) electrons. The Hall–Kier alpha value is -2.25. The first-order chi connectivity index (χ1) is 10.7. The molecule has 0 aliphatic rings. The molecule has 0 aromatic heterocycles. The van der Waals surface area contributed by atoms with Gasteiger partial charge in [0.15, 0.2) is 0 Å². The van der Waals surface area contributed by atoms with Gasteiger partial charge in [0.25, 0.3) is 0 Å². The number of hydrogen-bond acceptors (Lipinski definition) is 3. The van der Waals surface area contributed by atoms with Gasteiger partial charge in [-0.3, -0.25) is 0 Å². The van der Waals surface area contributed by atoms with Crippen LogP contribution in [-0.2, 0) is 16.6 Å². The Labute approximate surface area is 133 Å². The molecule has 5 nitrogen and oxygen atoms in total. The zero-order valence-corrected chi connectivity index (χ0v) is 13.4. The summed E-state index contributed by atoms with van der Waals surface area (Å²) in [6, 6.07) is 8.00. The molecule has 122 valence electrons. The van der Waals surface area contributed by atoms with E-state index in [4.69, 9.17) is 5.11 Å². The fraction of sp³-hybridized carbons (Fsp3) is 0.188. The predicted molar refractivity (Wildman–Crippen MR) is 83.3 cm³/mol. The first-order valence-electron chi connectivity index (χ1n) is 6.79. The van der Waals surface area contributed by atoms with Gasteiger partial charge in [-0.05, 0) is 48.7 Å². The minimum Gasteiger partial charge on any atom is -0.478 e. The van der Waals surface area contributed by atoms with Crippen LogP contribution in [0.4, 0.5) is 4.39 Å². The zero-order chi connectivity index (χ0) is 17.2. The van der Waals surface area contributed by atoms with E-state index in [1.807, 2.05) is 26.0 Å². The predicted octanol–water partition coefficient (Wildman–Crippen LogP) is 2.62. The summed E-state index contributed by atoms with van der Waals surface area (Å²) in [5, 5.41) is 8.88. The van der Waals surface area contributed by atoms with Crippen molar-refractivity contribution in [2.75, 3.05) is 0 Å². The van der Waals surface area contributed by atoms with Crippen LogP contribution >= 0.6 is 0 Å². The van der Waals surface area contributed by atoms with Crippen molar-refractivity contribution >= 4 is 16.0 Å². The van der Waals surface area contributed by atoms with Gasteiger partial charge in [0.1, 0.15) is 5.82 Å². The van der Waals surface area contributed by atoms with Crippen LogP contribution < -0.4 is 4.72 Å². The third-order valence-corrected chi connectivity index (χ3v) is 4.85. The summed E-state index contributed by atoms with van der Waals surface area (Å²) in [6.45, 7) is 3.89. The zero-order valence-electron chi connectivity index (χ0n) is 12.6. The van der Waals surface area contributed by atoms with Gasteiger partial charge < -0.3 is 5.11 Å². The Bertz CT molecular complexity index is 862. The van der Waals surface area contributed by atoms with Crippen LogP contribution in [0.25, 0.3) is 0 Å². The second-order valence-electron chi connectivity index (χ2n) is 5.22. The number of carbonyl (C=O) groups is 1. The van der Waals surface area contributed by atoms with Crippen LogP contribution in [0, 0.1) is 19.7 Å². The van der Waals surface area contributed by atoms with Gasteiger partial charge in [-0.1, -0.05) is 18.2 Å². The van der Waals surface area contributed by atoms with Crippen LogP contribution in [-0.4, -0.2) is 19.5 Å². The van der Waals surface area contributed by atoms with E-state index in [1.54, 1.807) is 6.07 Å². The molecule has 0 unspecified atom stereocenters. The number of aryl methyl sites for hydroxylation is 2. The van der Waals surface area contributed by atoms with Gasteiger partial charge in [0.2, 0.25) is 10.0 Å². The lowest BCUT2D eigenvalue weighted by Gasteiger charge is -2.09. The van der Waals surface area contributed by atoms with Crippen LogP contribution in [0.2, 0.25) is 0 Å². The standard InChI is InChI=1S/C16H16FNO4S/c1-10-3-4-12(5-11(10)2)9-18-23(21,22)15-7-13(16(19)20)6-14(17)8-15/h3-8,18H,9H2,1-2H3,(H,19,20). The molecule has 0 fully saturated rings. The smallest absolute Gasteiger partial charge is 0.335 e. The van der Waals surface area contributed by atoms with Crippen molar-refractivity contribution in [1.82, 2.24) is 4.72 Å². The van der Waals surface area contributed by atoms with Crippen LogP contribution in [0.15, 0.2) is 41.3 Å². The summed E-state index contributed by atoms with van der Waals surface area (Å²) >= 11 is 0. The molecule has 0 aliphatic carbocycles. The highest BCUT2D eigenvalue weighted by molar-refractivity contribution is 7.89. The number of aromatic carboxylic acids is 1. The van der Waals surface area contributed by atoms with Crippen LogP contribution in [0.1, 0.15) is 27.0 Å². The quantitative estimate of drug-likeness (QED) is 0.878.